The molecule has 1 aliphatic rings. The van der Waals surface area contributed by atoms with Crippen LogP contribution in [-0.2, 0) is 11.3 Å². The van der Waals surface area contributed by atoms with Crippen molar-refractivity contribution in [1.82, 2.24) is 4.90 Å². The second-order valence-electron chi connectivity index (χ2n) is 4.86. The molecule has 0 aliphatic carbocycles. The third-order valence-electron chi connectivity index (χ3n) is 3.57. The van der Waals surface area contributed by atoms with Crippen LogP contribution in [-0.4, -0.2) is 41.7 Å². The number of aliphatic hydroxyl groups excluding tert-OH is 1. The van der Waals surface area contributed by atoms with Crippen LogP contribution in [0.5, 0.6) is 0 Å². The van der Waals surface area contributed by atoms with Gasteiger partial charge in [-0.15, -0.1) is 0 Å². The molecule has 1 unspecified atom stereocenters. The van der Waals surface area contributed by atoms with Gasteiger partial charge in [-0.05, 0) is 31.0 Å². The summed E-state index contributed by atoms with van der Waals surface area (Å²) in [5, 5.41) is 12.1. The second-order valence-corrected chi connectivity index (χ2v) is 4.86. The van der Waals surface area contributed by atoms with Gasteiger partial charge in [-0.3, -0.25) is 9.69 Å². The minimum Gasteiger partial charge on any atom is -0.395 e. The van der Waals surface area contributed by atoms with Crippen LogP contribution >= 0.6 is 0 Å². The molecule has 0 spiro atoms. The van der Waals surface area contributed by atoms with E-state index in [1.165, 1.54) is 0 Å². The molecule has 5 nitrogen and oxygen atoms in total. The summed E-state index contributed by atoms with van der Waals surface area (Å²) in [7, 11) is 0. The summed E-state index contributed by atoms with van der Waals surface area (Å²) in [4.78, 5) is 14.1. The van der Waals surface area contributed by atoms with Crippen LogP contribution in [0.1, 0.15) is 18.4 Å². The molecule has 0 saturated carbocycles. The summed E-state index contributed by atoms with van der Waals surface area (Å²) in [5.74, 6) is -0.0544. The van der Waals surface area contributed by atoms with Gasteiger partial charge in [0.2, 0.25) is 5.91 Å². The third-order valence-corrected chi connectivity index (χ3v) is 3.57. The fourth-order valence-corrected chi connectivity index (χ4v) is 2.50. The van der Waals surface area contributed by atoms with E-state index in [1.807, 2.05) is 29.2 Å². The number of aliphatic hydroxyl groups is 1. The topological polar surface area (TPSA) is 78.6 Å². The Kier molecular flexibility index (Phi) is 4.90. The Bertz CT molecular complexity index is 436. The molecule has 1 saturated heterocycles. The minimum atomic E-state index is -0.0544. The normalized spacial score (nSPS) is 19.6. The van der Waals surface area contributed by atoms with Crippen LogP contribution in [0.25, 0.3) is 0 Å². The molecule has 4 N–H and O–H groups in total. The van der Waals surface area contributed by atoms with Gasteiger partial charge in [-0.25, -0.2) is 0 Å². The summed E-state index contributed by atoms with van der Waals surface area (Å²) in [6.07, 6.45) is 2.00. The zero-order chi connectivity index (χ0) is 13.7. The van der Waals surface area contributed by atoms with Crippen molar-refractivity contribution < 1.29 is 9.90 Å². The number of nitrogens with two attached hydrogens (primary N) is 1. The molecular formula is C14H21N3O2. The number of rotatable bonds is 5. The predicted octanol–water partition coefficient (Wildman–Crippen LogP) is 0.540. The van der Waals surface area contributed by atoms with E-state index in [0.717, 1.165) is 30.6 Å². The van der Waals surface area contributed by atoms with Crippen molar-refractivity contribution in [1.29, 1.82) is 0 Å². The molecule has 1 aromatic carbocycles. The highest BCUT2D eigenvalue weighted by Gasteiger charge is 2.25. The van der Waals surface area contributed by atoms with Gasteiger partial charge < -0.3 is 16.2 Å². The Labute approximate surface area is 113 Å². The molecule has 1 atom stereocenters. The number of likely N-dealkylation sites (tertiary alicyclic amines) is 1. The molecule has 0 bridgehead atoms. The van der Waals surface area contributed by atoms with Crippen molar-refractivity contribution in [3.8, 4) is 0 Å². The maximum Gasteiger partial charge on any atom is 0.238 e. The zero-order valence-electron chi connectivity index (χ0n) is 11.0. The Hall–Kier alpha value is -1.43. The lowest BCUT2D eigenvalue weighted by molar-refractivity contribution is -0.117. The van der Waals surface area contributed by atoms with Gasteiger partial charge in [0.25, 0.3) is 0 Å². The highest BCUT2D eigenvalue weighted by Crippen LogP contribution is 2.17. The highest BCUT2D eigenvalue weighted by atomic mass is 16.3. The van der Waals surface area contributed by atoms with E-state index in [1.54, 1.807) is 0 Å². The molecule has 2 rings (SSSR count). The number of carbonyl (C=O) groups excluding carboxylic acids is 1. The van der Waals surface area contributed by atoms with Crippen LogP contribution in [0, 0.1) is 0 Å². The van der Waals surface area contributed by atoms with E-state index in [4.69, 9.17) is 5.73 Å². The van der Waals surface area contributed by atoms with Crippen LogP contribution < -0.4 is 11.1 Å². The van der Waals surface area contributed by atoms with Crippen LogP contribution in [0.4, 0.5) is 5.69 Å². The minimum absolute atomic E-state index is 0.0544. The second kappa shape index (κ2) is 6.65. The largest absolute Gasteiger partial charge is 0.395 e. The maximum absolute atomic E-state index is 12.0. The van der Waals surface area contributed by atoms with Gasteiger partial charge in [-0.1, -0.05) is 18.2 Å². The average molecular weight is 263 g/mol. The Balaban J connectivity index is 1.94. The number of hydrogen-bond donors (Lipinski definition) is 3. The standard InChI is InChI=1S/C14H21N3O2/c15-8-11-4-1-2-6-13(11)16-14(19)9-17-7-3-5-12(17)10-18/h1-2,4,6,12,18H,3,5,7-10,15H2,(H,16,19). The average Bonchev–Trinajstić information content (AvgIpc) is 2.86. The van der Waals surface area contributed by atoms with Crippen LogP contribution in [0.2, 0.25) is 0 Å². The lowest BCUT2D eigenvalue weighted by Crippen LogP contribution is -2.38. The monoisotopic (exact) mass is 263 g/mol. The number of anilines is 1. The van der Waals surface area contributed by atoms with E-state index in [9.17, 15) is 9.90 Å². The summed E-state index contributed by atoms with van der Waals surface area (Å²) in [6.45, 7) is 1.72. The van der Waals surface area contributed by atoms with Gasteiger partial charge in [0.15, 0.2) is 0 Å². The number of benzene rings is 1. The van der Waals surface area contributed by atoms with E-state index in [0.29, 0.717) is 13.1 Å². The van der Waals surface area contributed by atoms with E-state index >= 15 is 0 Å². The molecule has 0 radical (unpaired) electrons. The van der Waals surface area contributed by atoms with Gasteiger partial charge in [0, 0.05) is 18.3 Å². The Morgan fingerprint density at radius 3 is 3.00 bits per heavy atom. The summed E-state index contributed by atoms with van der Waals surface area (Å²) < 4.78 is 0. The van der Waals surface area contributed by atoms with Gasteiger partial charge in [-0.2, -0.15) is 0 Å². The lowest BCUT2D eigenvalue weighted by Gasteiger charge is -2.22. The number of hydrogen-bond acceptors (Lipinski definition) is 4. The van der Waals surface area contributed by atoms with Crippen molar-refractivity contribution in [3.63, 3.8) is 0 Å². The molecule has 19 heavy (non-hydrogen) atoms. The molecule has 1 fully saturated rings. The molecule has 1 amide bonds. The number of nitrogens with zero attached hydrogens (tertiary/aromatic N) is 1. The molecule has 5 heteroatoms. The molecule has 1 aromatic rings. The maximum atomic E-state index is 12.0. The van der Waals surface area contributed by atoms with E-state index < -0.39 is 0 Å². The van der Waals surface area contributed by atoms with Crippen molar-refractivity contribution in [2.75, 3.05) is 25.0 Å². The van der Waals surface area contributed by atoms with Crippen LogP contribution in [0.15, 0.2) is 24.3 Å². The Morgan fingerprint density at radius 2 is 2.26 bits per heavy atom. The van der Waals surface area contributed by atoms with Crippen molar-refractivity contribution in [3.05, 3.63) is 29.8 Å². The molecule has 1 aliphatic heterocycles. The smallest absolute Gasteiger partial charge is 0.238 e. The fourth-order valence-electron chi connectivity index (χ4n) is 2.50. The third kappa shape index (κ3) is 3.53. The van der Waals surface area contributed by atoms with Crippen molar-refractivity contribution >= 4 is 11.6 Å². The predicted molar refractivity (Wildman–Crippen MR) is 74.6 cm³/mol. The van der Waals surface area contributed by atoms with Crippen molar-refractivity contribution in [2.45, 2.75) is 25.4 Å². The van der Waals surface area contributed by atoms with Crippen LogP contribution in [0.3, 0.4) is 0 Å². The molecular weight excluding hydrogens is 242 g/mol. The first kappa shape index (κ1) is 14.0. The SMILES string of the molecule is NCc1ccccc1NC(=O)CN1CCCC1CO. The van der Waals surface area contributed by atoms with Gasteiger partial charge in [0.1, 0.15) is 0 Å². The number of nitrogens with one attached hydrogen (secondary N) is 1. The molecule has 0 aromatic heterocycles. The first-order valence-electron chi connectivity index (χ1n) is 6.67. The molecule has 104 valence electrons. The zero-order valence-corrected chi connectivity index (χ0v) is 11.0. The summed E-state index contributed by atoms with van der Waals surface area (Å²) in [5.41, 5.74) is 7.34. The number of amides is 1. The quantitative estimate of drug-likeness (QED) is 0.724. The summed E-state index contributed by atoms with van der Waals surface area (Å²) >= 11 is 0. The fraction of sp³-hybridized carbons (Fsp3) is 0.500. The van der Waals surface area contributed by atoms with Gasteiger partial charge in [0.05, 0.1) is 13.2 Å². The number of carbonyl (C=O) groups is 1. The lowest BCUT2D eigenvalue weighted by atomic mass is 10.2. The molecule has 1 heterocycles. The Morgan fingerprint density at radius 1 is 1.47 bits per heavy atom. The van der Waals surface area contributed by atoms with E-state index in [2.05, 4.69) is 5.32 Å². The van der Waals surface area contributed by atoms with Crippen molar-refractivity contribution in [2.24, 2.45) is 5.73 Å². The van der Waals surface area contributed by atoms with Gasteiger partial charge >= 0.3 is 0 Å². The highest BCUT2D eigenvalue weighted by molar-refractivity contribution is 5.93. The summed E-state index contributed by atoms with van der Waals surface area (Å²) in [6, 6.07) is 7.66. The first-order valence-corrected chi connectivity index (χ1v) is 6.67. The van der Waals surface area contributed by atoms with E-state index in [-0.39, 0.29) is 18.6 Å². The first-order chi connectivity index (χ1) is 9.24. The number of para-hydroxylation sites is 1.